The van der Waals surface area contributed by atoms with Crippen LogP contribution in [0.3, 0.4) is 0 Å². The fourth-order valence-electron chi connectivity index (χ4n) is 2.81. The predicted molar refractivity (Wildman–Crippen MR) is 102 cm³/mol. The summed E-state index contributed by atoms with van der Waals surface area (Å²) < 4.78 is 3.44. The Bertz CT molecular complexity index is 1220. The molecular weight excluding hydrogens is 364 g/mol. The molecule has 7 nitrogen and oxygen atoms in total. The molecule has 2 aromatic carbocycles. The summed E-state index contributed by atoms with van der Waals surface area (Å²) in [7, 11) is 1.83. The van der Waals surface area contributed by atoms with Crippen LogP contribution in [0.2, 0.25) is 5.02 Å². The van der Waals surface area contributed by atoms with Gasteiger partial charge < -0.3 is 5.32 Å². The van der Waals surface area contributed by atoms with E-state index < -0.39 is 0 Å². The lowest BCUT2D eigenvalue weighted by atomic mass is 10.1. The minimum atomic E-state index is -0.385. The summed E-state index contributed by atoms with van der Waals surface area (Å²) in [4.78, 5) is 12.6. The van der Waals surface area contributed by atoms with Crippen molar-refractivity contribution in [3.63, 3.8) is 0 Å². The van der Waals surface area contributed by atoms with Crippen molar-refractivity contribution in [1.82, 2.24) is 19.6 Å². The van der Waals surface area contributed by atoms with Gasteiger partial charge in [0.25, 0.3) is 5.91 Å². The normalized spacial score (nSPS) is 10.7. The first-order chi connectivity index (χ1) is 13.1. The van der Waals surface area contributed by atoms with E-state index in [2.05, 4.69) is 15.5 Å². The number of carbonyl (C=O) groups is 1. The molecule has 0 fully saturated rings. The van der Waals surface area contributed by atoms with Gasteiger partial charge in [-0.15, -0.1) is 0 Å². The van der Waals surface area contributed by atoms with E-state index in [9.17, 15) is 4.79 Å². The Morgan fingerprint density at radius 3 is 2.81 bits per heavy atom. The van der Waals surface area contributed by atoms with Gasteiger partial charge in [0.15, 0.2) is 0 Å². The van der Waals surface area contributed by atoms with Gasteiger partial charge >= 0.3 is 0 Å². The van der Waals surface area contributed by atoms with Crippen molar-refractivity contribution in [2.24, 2.45) is 7.05 Å². The van der Waals surface area contributed by atoms with Gasteiger partial charge in [-0.3, -0.25) is 9.48 Å². The van der Waals surface area contributed by atoms with E-state index in [0.29, 0.717) is 5.69 Å². The first kappa shape index (κ1) is 16.8. The standard InChI is InChI=1S/C19H13ClN6O/c1-25-11-15(10-22-25)26-17-7-14(6-5-13(17)9-23-26)24-19(27)16-4-2-3-12(8-21)18(16)20/h2-7,9-11H,1H3,(H,24,27). The molecule has 132 valence electrons. The lowest BCUT2D eigenvalue weighted by Crippen LogP contribution is -2.13. The molecule has 0 atom stereocenters. The first-order valence-electron chi connectivity index (χ1n) is 8.03. The molecule has 0 spiro atoms. The topological polar surface area (TPSA) is 88.5 Å². The Kier molecular flexibility index (Phi) is 4.11. The molecule has 1 amide bonds. The van der Waals surface area contributed by atoms with Crippen LogP contribution >= 0.6 is 11.6 Å². The number of anilines is 1. The zero-order valence-electron chi connectivity index (χ0n) is 14.2. The number of nitrogens with zero attached hydrogens (tertiary/aromatic N) is 5. The van der Waals surface area contributed by atoms with Gasteiger partial charge in [0.2, 0.25) is 0 Å². The number of carbonyl (C=O) groups excluding carboxylic acids is 1. The van der Waals surface area contributed by atoms with Crippen molar-refractivity contribution < 1.29 is 4.79 Å². The molecule has 0 aliphatic rings. The number of benzene rings is 2. The maximum atomic E-state index is 12.6. The van der Waals surface area contributed by atoms with Crippen molar-refractivity contribution in [3.05, 3.63) is 71.1 Å². The molecule has 0 unspecified atom stereocenters. The fraction of sp³-hybridized carbons (Fsp3) is 0.0526. The van der Waals surface area contributed by atoms with Crippen LogP contribution < -0.4 is 5.32 Å². The highest BCUT2D eigenvalue weighted by molar-refractivity contribution is 6.35. The SMILES string of the molecule is Cn1cc(-n2ncc3ccc(NC(=O)c4cccc(C#N)c4Cl)cc32)cn1. The molecule has 4 rings (SSSR count). The zero-order chi connectivity index (χ0) is 19.0. The maximum absolute atomic E-state index is 12.6. The van der Waals surface area contributed by atoms with Gasteiger partial charge in [-0.05, 0) is 30.3 Å². The second-order valence-corrected chi connectivity index (χ2v) is 6.31. The van der Waals surface area contributed by atoms with E-state index in [4.69, 9.17) is 16.9 Å². The Morgan fingerprint density at radius 2 is 2.07 bits per heavy atom. The first-order valence-corrected chi connectivity index (χ1v) is 8.41. The molecule has 0 aliphatic heterocycles. The van der Waals surface area contributed by atoms with E-state index in [1.54, 1.807) is 46.0 Å². The second kappa shape index (κ2) is 6.59. The largest absolute Gasteiger partial charge is 0.322 e. The summed E-state index contributed by atoms with van der Waals surface area (Å²) in [6, 6.07) is 12.2. The summed E-state index contributed by atoms with van der Waals surface area (Å²) >= 11 is 6.15. The number of halogens is 1. The molecule has 0 aliphatic carbocycles. The Morgan fingerprint density at radius 1 is 1.22 bits per heavy atom. The summed E-state index contributed by atoms with van der Waals surface area (Å²) in [5, 5.41) is 21.5. The molecular formula is C19H13ClN6O. The molecule has 0 saturated carbocycles. The van der Waals surface area contributed by atoms with Gasteiger partial charge in [0, 0.05) is 18.1 Å². The molecule has 2 heterocycles. The van der Waals surface area contributed by atoms with Crippen molar-refractivity contribution in [2.75, 3.05) is 5.32 Å². The Hall–Kier alpha value is -3.63. The molecule has 0 bridgehead atoms. The quantitative estimate of drug-likeness (QED) is 0.592. The van der Waals surface area contributed by atoms with Crippen molar-refractivity contribution in [2.45, 2.75) is 0 Å². The fourth-order valence-corrected chi connectivity index (χ4v) is 3.07. The predicted octanol–water partition coefficient (Wildman–Crippen LogP) is 3.54. The monoisotopic (exact) mass is 376 g/mol. The molecule has 27 heavy (non-hydrogen) atoms. The molecule has 0 saturated heterocycles. The third-order valence-electron chi connectivity index (χ3n) is 4.13. The van der Waals surface area contributed by atoms with Crippen LogP contribution in [-0.2, 0) is 7.05 Å². The van der Waals surface area contributed by atoms with Crippen LogP contribution in [0.15, 0.2) is 55.0 Å². The molecule has 4 aromatic rings. The van der Waals surface area contributed by atoms with Crippen molar-refractivity contribution >= 4 is 34.1 Å². The van der Waals surface area contributed by atoms with Gasteiger partial charge in [0.05, 0.1) is 40.3 Å². The zero-order valence-corrected chi connectivity index (χ0v) is 15.0. The minimum Gasteiger partial charge on any atom is -0.322 e. The average Bonchev–Trinajstić information content (AvgIpc) is 3.27. The number of hydrogen-bond acceptors (Lipinski definition) is 4. The number of amides is 1. The minimum absolute atomic E-state index is 0.138. The van der Waals surface area contributed by atoms with Gasteiger partial charge in [-0.25, -0.2) is 4.68 Å². The van der Waals surface area contributed by atoms with Crippen LogP contribution in [0.1, 0.15) is 15.9 Å². The average molecular weight is 377 g/mol. The lowest BCUT2D eigenvalue weighted by Gasteiger charge is -2.08. The molecule has 2 aromatic heterocycles. The maximum Gasteiger partial charge on any atom is 0.257 e. The van der Waals surface area contributed by atoms with Crippen molar-refractivity contribution in [1.29, 1.82) is 5.26 Å². The lowest BCUT2D eigenvalue weighted by molar-refractivity contribution is 0.102. The summed E-state index contributed by atoms with van der Waals surface area (Å²) in [5.74, 6) is -0.385. The van der Waals surface area contributed by atoms with Crippen LogP contribution in [-0.4, -0.2) is 25.5 Å². The third-order valence-corrected chi connectivity index (χ3v) is 4.54. The number of fused-ring (bicyclic) bond motifs is 1. The van der Waals surface area contributed by atoms with E-state index in [1.165, 1.54) is 0 Å². The third kappa shape index (κ3) is 3.03. The van der Waals surface area contributed by atoms with Crippen LogP contribution in [0.25, 0.3) is 16.6 Å². The van der Waals surface area contributed by atoms with Gasteiger partial charge in [-0.2, -0.15) is 15.5 Å². The smallest absolute Gasteiger partial charge is 0.257 e. The molecule has 8 heteroatoms. The number of nitriles is 1. The van der Waals surface area contributed by atoms with Crippen LogP contribution in [0.5, 0.6) is 0 Å². The van der Waals surface area contributed by atoms with E-state index >= 15 is 0 Å². The molecule has 1 N–H and O–H groups in total. The van der Waals surface area contributed by atoms with E-state index in [0.717, 1.165) is 16.6 Å². The van der Waals surface area contributed by atoms with Gasteiger partial charge in [0.1, 0.15) is 11.8 Å². The summed E-state index contributed by atoms with van der Waals surface area (Å²) in [6.07, 6.45) is 5.32. The molecule has 0 radical (unpaired) electrons. The Labute approximate surface area is 159 Å². The highest BCUT2D eigenvalue weighted by Crippen LogP contribution is 2.24. The summed E-state index contributed by atoms with van der Waals surface area (Å²) in [6.45, 7) is 0. The van der Waals surface area contributed by atoms with E-state index in [-0.39, 0.29) is 22.1 Å². The van der Waals surface area contributed by atoms with Crippen molar-refractivity contribution in [3.8, 4) is 11.8 Å². The second-order valence-electron chi connectivity index (χ2n) is 5.94. The van der Waals surface area contributed by atoms with E-state index in [1.807, 2.05) is 31.4 Å². The number of aryl methyl sites for hydroxylation is 1. The highest BCUT2D eigenvalue weighted by atomic mass is 35.5. The van der Waals surface area contributed by atoms with Crippen LogP contribution in [0.4, 0.5) is 5.69 Å². The van der Waals surface area contributed by atoms with Gasteiger partial charge in [-0.1, -0.05) is 17.7 Å². The van der Waals surface area contributed by atoms with Crippen LogP contribution in [0, 0.1) is 11.3 Å². The summed E-state index contributed by atoms with van der Waals surface area (Å²) in [5.41, 5.74) is 2.75. The number of rotatable bonds is 3. The number of hydrogen-bond donors (Lipinski definition) is 1. The Balaban J connectivity index is 1.69. The number of aromatic nitrogens is 4. The number of nitrogens with one attached hydrogen (secondary N) is 1. The highest BCUT2D eigenvalue weighted by Gasteiger charge is 2.14.